The maximum Gasteiger partial charge on any atom is 0.257 e. The first-order chi connectivity index (χ1) is 18.1. The molecule has 0 amide bonds. The van der Waals surface area contributed by atoms with Crippen LogP contribution in [0.3, 0.4) is 0 Å². The van der Waals surface area contributed by atoms with Gasteiger partial charge in [0, 0.05) is 61.0 Å². The van der Waals surface area contributed by atoms with Crippen molar-refractivity contribution in [1.29, 1.82) is 0 Å². The number of piperidine rings is 2. The average molecular weight is 531 g/mol. The quantitative estimate of drug-likeness (QED) is 0.379. The van der Waals surface area contributed by atoms with Gasteiger partial charge in [0.25, 0.3) is 5.92 Å². The highest BCUT2D eigenvalue weighted by Crippen LogP contribution is 2.39. The van der Waals surface area contributed by atoms with Gasteiger partial charge < -0.3 is 15.2 Å². The van der Waals surface area contributed by atoms with Gasteiger partial charge in [-0.05, 0) is 81.3 Å². The molecular weight excluding hydrogens is 492 g/mol. The number of benzene rings is 2. The molecule has 2 N–H and O–H groups in total. The monoisotopic (exact) mass is 530 g/mol. The Labute approximate surface area is 222 Å². The van der Waals surface area contributed by atoms with Crippen molar-refractivity contribution in [3.05, 3.63) is 65.4 Å². The Morgan fingerprint density at radius 2 is 1.74 bits per heavy atom. The molecule has 1 unspecified atom stereocenters. The van der Waals surface area contributed by atoms with Gasteiger partial charge in [-0.25, -0.2) is 17.6 Å². The van der Waals surface area contributed by atoms with Gasteiger partial charge in [0.1, 0.15) is 11.6 Å². The Bertz CT molecular complexity index is 1220. The third-order valence-electron chi connectivity index (χ3n) is 8.40. The van der Waals surface area contributed by atoms with Crippen molar-refractivity contribution < 1.29 is 17.6 Å². The van der Waals surface area contributed by atoms with E-state index in [-0.39, 0.29) is 12.6 Å². The van der Waals surface area contributed by atoms with Crippen molar-refractivity contribution in [3.8, 4) is 0 Å². The van der Waals surface area contributed by atoms with Crippen LogP contribution in [0.1, 0.15) is 50.8 Å². The van der Waals surface area contributed by atoms with E-state index in [2.05, 4.69) is 21.3 Å². The number of anilines is 1. The number of aromatic nitrogens is 1. The van der Waals surface area contributed by atoms with Crippen LogP contribution >= 0.6 is 0 Å². The number of alkyl halides is 2. The number of hydrogen-bond donors (Lipinski definition) is 2. The molecule has 3 aliphatic heterocycles. The number of nitrogens with zero attached hydrogens (tertiary/aromatic N) is 2. The van der Waals surface area contributed by atoms with Crippen LogP contribution in [-0.2, 0) is 13.0 Å². The smallest absolute Gasteiger partial charge is 0.257 e. The van der Waals surface area contributed by atoms with E-state index in [1.165, 1.54) is 42.3 Å². The van der Waals surface area contributed by atoms with Crippen LogP contribution in [0.5, 0.6) is 0 Å². The van der Waals surface area contributed by atoms with Gasteiger partial charge in [-0.1, -0.05) is 18.2 Å². The Morgan fingerprint density at radius 3 is 2.45 bits per heavy atom. The van der Waals surface area contributed by atoms with Crippen molar-refractivity contribution in [2.75, 3.05) is 37.6 Å². The zero-order valence-electron chi connectivity index (χ0n) is 22.3. The summed E-state index contributed by atoms with van der Waals surface area (Å²) in [6, 6.07) is 12.1. The van der Waals surface area contributed by atoms with Crippen LogP contribution < -0.4 is 10.2 Å². The molecule has 1 aromatic heterocycles. The molecule has 2 aromatic carbocycles. The molecule has 6 rings (SSSR count). The molecule has 8 heteroatoms. The molecule has 0 saturated carbocycles. The van der Waals surface area contributed by atoms with Gasteiger partial charge >= 0.3 is 0 Å². The lowest BCUT2D eigenvalue weighted by Gasteiger charge is -2.46. The fourth-order valence-corrected chi connectivity index (χ4v) is 6.49. The van der Waals surface area contributed by atoms with E-state index in [0.29, 0.717) is 17.6 Å². The average Bonchev–Trinajstić information content (AvgIpc) is 3.21. The molecule has 0 radical (unpaired) electrons. The molecule has 2 saturated heterocycles. The van der Waals surface area contributed by atoms with Crippen molar-refractivity contribution in [3.63, 3.8) is 0 Å². The maximum absolute atomic E-state index is 13.3. The summed E-state index contributed by atoms with van der Waals surface area (Å²) < 4.78 is 53.1. The summed E-state index contributed by atoms with van der Waals surface area (Å²) in [5, 5.41) is 4.62. The summed E-state index contributed by atoms with van der Waals surface area (Å²) in [7, 11) is 0. The first-order valence-electron chi connectivity index (χ1n) is 13.7. The van der Waals surface area contributed by atoms with Crippen LogP contribution in [0.4, 0.5) is 23.2 Å². The highest BCUT2D eigenvalue weighted by Gasteiger charge is 2.37. The Morgan fingerprint density at radius 1 is 1.03 bits per heavy atom. The third kappa shape index (κ3) is 6.18. The van der Waals surface area contributed by atoms with Gasteiger partial charge in [0.15, 0.2) is 0 Å². The molecule has 38 heavy (non-hydrogen) atoms. The summed E-state index contributed by atoms with van der Waals surface area (Å²) in [5.74, 6) is -3.61. The predicted octanol–water partition coefficient (Wildman–Crippen LogP) is 6.50. The first kappa shape index (κ1) is 27.0. The highest BCUT2D eigenvalue weighted by molar-refractivity contribution is 5.84. The van der Waals surface area contributed by atoms with Crippen LogP contribution in [0.2, 0.25) is 0 Å². The van der Waals surface area contributed by atoms with Crippen molar-refractivity contribution in [2.24, 2.45) is 5.41 Å². The maximum atomic E-state index is 13.3. The van der Waals surface area contributed by atoms with E-state index in [1.807, 2.05) is 30.0 Å². The lowest BCUT2D eigenvalue weighted by Crippen LogP contribution is -2.48. The number of nitrogens with one attached hydrogen (secondary N) is 2. The topological polar surface area (TPSA) is 34.3 Å². The van der Waals surface area contributed by atoms with Crippen LogP contribution in [0.25, 0.3) is 10.9 Å². The second-order valence-electron chi connectivity index (χ2n) is 11.6. The molecule has 0 bridgehead atoms. The Kier molecular flexibility index (Phi) is 7.74. The van der Waals surface area contributed by atoms with Crippen LogP contribution in [0, 0.1) is 17.0 Å². The number of para-hydroxylation sites is 1. The van der Waals surface area contributed by atoms with E-state index in [9.17, 15) is 17.6 Å². The standard InChI is InChI=1S/C15H18F2N2.C15H20F2N2/c1-10-7-12-11-5-3-4-6-13(11)18-14(12)8-19(10)9-15(2,16)17;16-12-8-13(17)10-14(9-12)19-7-1-2-15(11-19)3-5-18-6-4-15/h3-6,10,18H,7-9H2,1-2H3;8-10,18H,1-7,11H2. The zero-order chi connectivity index (χ0) is 26.9. The summed E-state index contributed by atoms with van der Waals surface area (Å²) in [6.45, 7) is 7.36. The van der Waals surface area contributed by atoms with Crippen molar-refractivity contribution in [2.45, 2.75) is 64.5 Å². The van der Waals surface area contributed by atoms with E-state index < -0.39 is 17.6 Å². The minimum absolute atomic E-state index is 0.150. The number of hydrogen-bond acceptors (Lipinski definition) is 3. The van der Waals surface area contributed by atoms with Crippen LogP contribution in [0.15, 0.2) is 42.5 Å². The molecule has 4 nitrogen and oxygen atoms in total. The molecule has 3 aliphatic rings. The van der Waals surface area contributed by atoms with Crippen LogP contribution in [-0.4, -0.2) is 54.6 Å². The first-order valence-corrected chi connectivity index (χ1v) is 13.7. The lowest BCUT2D eigenvalue weighted by atomic mass is 9.73. The summed E-state index contributed by atoms with van der Waals surface area (Å²) in [4.78, 5) is 7.38. The fraction of sp³-hybridized carbons (Fsp3) is 0.533. The van der Waals surface area contributed by atoms with Gasteiger partial charge in [0.2, 0.25) is 0 Å². The number of aromatic amines is 1. The molecule has 206 valence electrons. The lowest BCUT2D eigenvalue weighted by molar-refractivity contribution is -0.0293. The molecule has 1 atom stereocenters. The number of rotatable bonds is 3. The van der Waals surface area contributed by atoms with Gasteiger partial charge in [-0.2, -0.15) is 0 Å². The molecule has 2 fully saturated rings. The van der Waals surface area contributed by atoms with Gasteiger partial charge in [-0.15, -0.1) is 0 Å². The second kappa shape index (κ2) is 10.9. The Balaban J connectivity index is 0.000000155. The molecule has 1 spiro atoms. The van der Waals surface area contributed by atoms with E-state index in [0.717, 1.165) is 63.2 Å². The minimum atomic E-state index is -2.64. The third-order valence-corrected chi connectivity index (χ3v) is 8.40. The summed E-state index contributed by atoms with van der Waals surface area (Å²) in [6.07, 6.45) is 5.51. The Hall–Kier alpha value is -2.58. The minimum Gasteiger partial charge on any atom is -0.371 e. The van der Waals surface area contributed by atoms with Gasteiger partial charge in [-0.3, -0.25) is 4.90 Å². The molecule has 0 aliphatic carbocycles. The van der Waals surface area contributed by atoms with E-state index in [4.69, 9.17) is 0 Å². The van der Waals surface area contributed by atoms with E-state index in [1.54, 1.807) is 0 Å². The largest absolute Gasteiger partial charge is 0.371 e. The number of fused-ring (bicyclic) bond motifs is 3. The molecule has 3 aromatic rings. The fourth-order valence-electron chi connectivity index (χ4n) is 6.49. The predicted molar refractivity (Wildman–Crippen MR) is 145 cm³/mol. The SMILES string of the molecule is CC1Cc2c([nH]c3ccccc23)CN1CC(C)(F)F.Fc1cc(F)cc(N2CCCC3(CCNCC3)C2)c1. The molecule has 4 heterocycles. The number of halogens is 4. The van der Waals surface area contributed by atoms with Gasteiger partial charge in [0.05, 0.1) is 6.54 Å². The highest BCUT2D eigenvalue weighted by atomic mass is 19.3. The second-order valence-corrected chi connectivity index (χ2v) is 11.6. The number of H-pyrrole nitrogens is 1. The van der Waals surface area contributed by atoms with Crippen molar-refractivity contribution in [1.82, 2.24) is 15.2 Å². The summed E-state index contributed by atoms with van der Waals surface area (Å²) in [5.41, 5.74) is 4.51. The van der Waals surface area contributed by atoms with E-state index >= 15 is 0 Å². The van der Waals surface area contributed by atoms with Crippen molar-refractivity contribution >= 4 is 16.6 Å². The molecular formula is C30H38F4N4. The normalized spacial score (nSPS) is 21.7. The summed E-state index contributed by atoms with van der Waals surface area (Å²) >= 11 is 0. The zero-order valence-corrected chi connectivity index (χ0v) is 22.3.